The molecule has 0 unspecified atom stereocenters. The lowest BCUT2D eigenvalue weighted by molar-refractivity contribution is -0.131. The quantitative estimate of drug-likeness (QED) is 0.807. The maximum atomic E-state index is 12.2. The second-order valence-corrected chi connectivity index (χ2v) is 6.15. The largest absolute Gasteiger partial charge is 0.355 e. The van der Waals surface area contributed by atoms with Crippen LogP contribution in [-0.4, -0.2) is 59.4 Å². The fraction of sp³-hybridized carbons (Fsp3) is 0.647. The van der Waals surface area contributed by atoms with Crippen LogP contribution >= 0.6 is 0 Å². The monoisotopic (exact) mass is 333 g/mol. The predicted molar refractivity (Wildman–Crippen MR) is 92.5 cm³/mol. The van der Waals surface area contributed by atoms with E-state index in [-0.39, 0.29) is 17.7 Å². The van der Waals surface area contributed by atoms with Gasteiger partial charge in [0.2, 0.25) is 17.8 Å². The fourth-order valence-electron chi connectivity index (χ4n) is 2.80. The van der Waals surface area contributed by atoms with E-state index in [4.69, 9.17) is 0 Å². The lowest BCUT2D eigenvalue weighted by Gasteiger charge is -2.34. The van der Waals surface area contributed by atoms with Crippen LogP contribution in [0.3, 0.4) is 0 Å². The Balaban J connectivity index is 1.68. The summed E-state index contributed by atoms with van der Waals surface area (Å²) in [6.07, 6.45) is 5.67. The zero-order valence-corrected chi connectivity index (χ0v) is 14.6. The molecule has 7 nitrogen and oxygen atoms in total. The molecule has 2 amide bonds. The number of anilines is 1. The Morgan fingerprint density at radius 2 is 1.88 bits per heavy atom. The molecule has 1 saturated heterocycles. The van der Waals surface area contributed by atoms with Crippen molar-refractivity contribution in [2.45, 2.75) is 33.1 Å². The first-order valence-electron chi connectivity index (χ1n) is 8.69. The second kappa shape index (κ2) is 9.20. The summed E-state index contributed by atoms with van der Waals surface area (Å²) < 4.78 is 0. The van der Waals surface area contributed by atoms with Crippen LogP contribution in [0.2, 0.25) is 0 Å². The van der Waals surface area contributed by atoms with E-state index in [9.17, 15) is 9.59 Å². The molecule has 2 rings (SSSR count). The molecule has 1 aliphatic heterocycles. The molecule has 2 heterocycles. The van der Waals surface area contributed by atoms with Crippen LogP contribution in [-0.2, 0) is 9.59 Å². The van der Waals surface area contributed by atoms with Crippen molar-refractivity contribution in [3.63, 3.8) is 0 Å². The van der Waals surface area contributed by atoms with Gasteiger partial charge >= 0.3 is 0 Å². The van der Waals surface area contributed by atoms with Crippen molar-refractivity contribution in [1.82, 2.24) is 20.2 Å². The van der Waals surface area contributed by atoms with Crippen molar-refractivity contribution in [3.05, 3.63) is 18.5 Å². The second-order valence-electron chi connectivity index (χ2n) is 6.15. The third kappa shape index (κ3) is 5.18. The maximum absolute atomic E-state index is 12.2. The highest BCUT2D eigenvalue weighted by molar-refractivity contribution is 5.80. The molecule has 0 aromatic carbocycles. The van der Waals surface area contributed by atoms with Crippen molar-refractivity contribution < 1.29 is 9.59 Å². The Hall–Kier alpha value is -2.18. The summed E-state index contributed by atoms with van der Waals surface area (Å²) in [5, 5.41) is 2.86. The number of carbonyl (C=O) groups is 2. The Morgan fingerprint density at radius 3 is 2.50 bits per heavy atom. The first-order valence-corrected chi connectivity index (χ1v) is 8.69. The summed E-state index contributed by atoms with van der Waals surface area (Å²) in [4.78, 5) is 36.5. The van der Waals surface area contributed by atoms with Crippen molar-refractivity contribution in [1.29, 1.82) is 0 Å². The summed E-state index contributed by atoms with van der Waals surface area (Å²) in [6, 6.07) is 1.79. The van der Waals surface area contributed by atoms with Gasteiger partial charge in [0.05, 0.1) is 0 Å². The molecule has 1 aliphatic rings. The molecule has 132 valence electrons. The van der Waals surface area contributed by atoms with Gasteiger partial charge in [0.25, 0.3) is 0 Å². The van der Waals surface area contributed by atoms with Gasteiger partial charge in [0.1, 0.15) is 0 Å². The first kappa shape index (κ1) is 18.2. The van der Waals surface area contributed by atoms with Crippen LogP contribution in [0.1, 0.15) is 33.1 Å². The molecule has 1 N–H and O–H groups in total. The highest BCUT2D eigenvalue weighted by Crippen LogP contribution is 2.10. The molecule has 1 aromatic rings. The normalized spacial score (nSPS) is 15.9. The summed E-state index contributed by atoms with van der Waals surface area (Å²) in [5.41, 5.74) is 0. The first-order chi connectivity index (χ1) is 11.6. The van der Waals surface area contributed by atoms with E-state index in [0.29, 0.717) is 32.0 Å². The topological polar surface area (TPSA) is 78.4 Å². The molecule has 1 aromatic heterocycles. The Labute approximate surface area is 143 Å². The smallest absolute Gasteiger partial charge is 0.225 e. The highest BCUT2D eigenvalue weighted by Gasteiger charge is 2.22. The van der Waals surface area contributed by atoms with Gasteiger partial charge in [-0.3, -0.25) is 9.59 Å². The van der Waals surface area contributed by atoms with Gasteiger partial charge in [-0.15, -0.1) is 0 Å². The lowest BCUT2D eigenvalue weighted by Crippen LogP contribution is -2.49. The molecule has 1 fully saturated rings. The highest BCUT2D eigenvalue weighted by atomic mass is 16.2. The maximum Gasteiger partial charge on any atom is 0.225 e. The number of hydrogen-bond acceptors (Lipinski definition) is 5. The van der Waals surface area contributed by atoms with Crippen molar-refractivity contribution in [2.75, 3.05) is 37.6 Å². The van der Waals surface area contributed by atoms with Gasteiger partial charge in [-0.1, -0.05) is 20.3 Å². The molecule has 0 aliphatic carbocycles. The Bertz CT molecular complexity index is 529. The average molecular weight is 333 g/mol. The van der Waals surface area contributed by atoms with Gasteiger partial charge in [-0.2, -0.15) is 0 Å². The average Bonchev–Trinajstić information content (AvgIpc) is 2.62. The summed E-state index contributed by atoms with van der Waals surface area (Å²) in [6.45, 7) is 7.19. The zero-order valence-electron chi connectivity index (χ0n) is 14.6. The van der Waals surface area contributed by atoms with E-state index < -0.39 is 0 Å². The number of aromatic nitrogens is 2. The Kier molecular flexibility index (Phi) is 6.96. The molecule has 0 bridgehead atoms. The van der Waals surface area contributed by atoms with Crippen LogP contribution in [0.25, 0.3) is 0 Å². The molecule has 0 spiro atoms. The molecule has 0 radical (unpaired) electrons. The predicted octanol–water partition coefficient (Wildman–Crippen LogP) is 1.07. The third-order valence-corrected chi connectivity index (χ3v) is 4.27. The molecule has 1 atom stereocenters. The zero-order chi connectivity index (χ0) is 17.4. The molecule has 24 heavy (non-hydrogen) atoms. The van der Waals surface area contributed by atoms with Crippen molar-refractivity contribution >= 4 is 17.8 Å². The van der Waals surface area contributed by atoms with Crippen LogP contribution < -0.4 is 10.2 Å². The van der Waals surface area contributed by atoms with Crippen LogP contribution in [0.4, 0.5) is 5.95 Å². The van der Waals surface area contributed by atoms with E-state index in [2.05, 4.69) is 27.1 Å². The SMILES string of the molecule is CCC[C@H](C)C(=O)NCCC(=O)N1CCN(c2ncccn2)CC1. The van der Waals surface area contributed by atoms with Gasteiger partial charge < -0.3 is 15.1 Å². The number of nitrogens with zero attached hydrogens (tertiary/aromatic N) is 4. The van der Waals surface area contributed by atoms with E-state index >= 15 is 0 Å². The number of piperazine rings is 1. The van der Waals surface area contributed by atoms with E-state index in [0.717, 1.165) is 25.9 Å². The minimum absolute atomic E-state index is 0.0134. The van der Waals surface area contributed by atoms with Gasteiger partial charge in [0.15, 0.2) is 0 Å². The molecular formula is C17H27N5O2. The summed E-state index contributed by atoms with van der Waals surface area (Å²) in [5.74, 6) is 0.851. The van der Waals surface area contributed by atoms with Gasteiger partial charge in [0, 0.05) is 57.5 Å². The van der Waals surface area contributed by atoms with Crippen LogP contribution in [0.5, 0.6) is 0 Å². The van der Waals surface area contributed by atoms with E-state index in [1.807, 2.05) is 11.8 Å². The Morgan fingerprint density at radius 1 is 1.21 bits per heavy atom. The third-order valence-electron chi connectivity index (χ3n) is 4.27. The lowest BCUT2D eigenvalue weighted by atomic mass is 10.1. The van der Waals surface area contributed by atoms with E-state index in [1.165, 1.54) is 0 Å². The minimum atomic E-state index is 0.0134. The van der Waals surface area contributed by atoms with Crippen LogP contribution in [0.15, 0.2) is 18.5 Å². The van der Waals surface area contributed by atoms with E-state index in [1.54, 1.807) is 18.5 Å². The van der Waals surface area contributed by atoms with Crippen molar-refractivity contribution in [3.8, 4) is 0 Å². The van der Waals surface area contributed by atoms with Gasteiger partial charge in [-0.05, 0) is 12.5 Å². The molecular weight excluding hydrogens is 306 g/mol. The minimum Gasteiger partial charge on any atom is -0.355 e. The molecule has 7 heteroatoms. The summed E-state index contributed by atoms with van der Waals surface area (Å²) >= 11 is 0. The standard InChI is InChI=1S/C17H27N5O2/c1-3-5-14(2)16(24)18-9-6-15(23)21-10-12-22(13-11-21)17-19-7-4-8-20-17/h4,7-8,14H,3,5-6,9-13H2,1-2H3,(H,18,24)/t14-/m0/s1. The number of carbonyl (C=O) groups excluding carboxylic acids is 2. The fourth-order valence-corrected chi connectivity index (χ4v) is 2.80. The van der Waals surface area contributed by atoms with Gasteiger partial charge in [-0.25, -0.2) is 9.97 Å². The van der Waals surface area contributed by atoms with Crippen LogP contribution in [0, 0.1) is 5.92 Å². The summed E-state index contributed by atoms with van der Waals surface area (Å²) in [7, 11) is 0. The number of hydrogen-bond donors (Lipinski definition) is 1. The van der Waals surface area contributed by atoms with Crippen molar-refractivity contribution in [2.24, 2.45) is 5.92 Å². The number of amides is 2. The molecule has 0 saturated carbocycles. The number of rotatable bonds is 7. The number of nitrogens with one attached hydrogen (secondary N) is 1.